The minimum atomic E-state index is -1.55. The van der Waals surface area contributed by atoms with Crippen LogP contribution in [-0.4, -0.2) is 68.0 Å². The zero-order valence-corrected chi connectivity index (χ0v) is 14.8. The summed E-state index contributed by atoms with van der Waals surface area (Å²) in [6.45, 7) is -0.564. The smallest absolute Gasteiger partial charge is 0.229 e. The van der Waals surface area contributed by atoms with Crippen molar-refractivity contribution in [2.75, 3.05) is 6.61 Å². The van der Waals surface area contributed by atoms with E-state index in [0.29, 0.717) is 5.56 Å². The van der Waals surface area contributed by atoms with Crippen molar-refractivity contribution in [3.05, 3.63) is 53.6 Å². The van der Waals surface area contributed by atoms with Gasteiger partial charge in [0.15, 0.2) is 0 Å². The van der Waals surface area contributed by atoms with E-state index in [1.54, 1.807) is 42.5 Å². The average molecular weight is 390 g/mol. The Hall–Kier alpha value is -2.62. The van der Waals surface area contributed by atoms with Crippen molar-refractivity contribution in [2.45, 2.75) is 30.7 Å². The third-order valence-electron chi connectivity index (χ3n) is 4.38. The molecule has 0 aromatic heterocycles. The largest absolute Gasteiger partial charge is 0.508 e. The Bertz CT molecular complexity index is 817. The van der Waals surface area contributed by atoms with Gasteiger partial charge in [0, 0.05) is 6.07 Å². The van der Waals surface area contributed by atoms with Gasteiger partial charge < -0.3 is 40.1 Å². The SMILES string of the molecule is OCC1O[C@@H](Oc2cc(O)cc(/C=C/c3ccc(O)cc3)c2)C(O)C(O)[C@@H]1O. The first-order valence-corrected chi connectivity index (χ1v) is 8.65. The fraction of sp³-hybridized carbons (Fsp3) is 0.300. The van der Waals surface area contributed by atoms with Gasteiger partial charge in [0.2, 0.25) is 6.29 Å². The van der Waals surface area contributed by atoms with Crippen molar-refractivity contribution < 1.29 is 40.1 Å². The first kappa shape index (κ1) is 20.1. The van der Waals surface area contributed by atoms with E-state index in [1.807, 2.05) is 0 Å². The molecule has 1 heterocycles. The van der Waals surface area contributed by atoms with Crippen molar-refractivity contribution in [3.63, 3.8) is 0 Å². The summed E-state index contributed by atoms with van der Waals surface area (Å²) in [6.07, 6.45) is -3.52. The summed E-state index contributed by atoms with van der Waals surface area (Å²) in [5.74, 6) is 0.229. The third-order valence-corrected chi connectivity index (χ3v) is 4.38. The van der Waals surface area contributed by atoms with E-state index >= 15 is 0 Å². The topological polar surface area (TPSA) is 140 Å². The molecule has 3 rings (SSSR count). The van der Waals surface area contributed by atoms with Gasteiger partial charge in [0.1, 0.15) is 41.7 Å². The van der Waals surface area contributed by atoms with Gasteiger partial charge in [-0.05, 0) is 35.4 Å². The number of aromatic hydroxyl groups is 2. The van der Waals surface area contributed by atoms with Crippen molar-refractivity contribution >= 4 is 12.2 Å². The van der Waals surface area contributed by atoms with E-state index in [2.05, 4.69) is 0 Å². The molecule has 1 saturated heterocycles. The van der Waals surface area contributed by atoms with E-state index < -0.39 is 37.3 Å². The van der Waals surface area contributed by atoms with Crippen LogP contribution in [0.25, 0.3) is 12.2 Å². The molecular weight excluding hydrogens is 368 g/mol. The van der Waals surface area contributed by atoms with Crippen LogP contribution < -0.4 is 4.74 Å². The molecule has 6 N–H and O–H groups in total. The molecule has 1 aliphatic rings. The van der Waals surface area contributed by atoms with Gasteiger partial charge in [-0.15, -0.1) is 0 Å². The number of rotatable bonds is 5. The van der Waals surface area contributed by atoms with Crippen LogP contribution >= 0.6 is 0 Å². The van der Waals surface area contributed by atoms with Crippen LogP contribution in [0.1, 0.15) is 11.1 Å². The number of aliphatic hydroxyl groups excluding tert-OH is 4. The van der Waals surface area contributed by atoms with Crippen molar-refractivity contribution in [3.8, 4) is 17.2 Å². The molecule has 2 aromatic carbocycles. The summed E-state index contributed by atoms with van der Waals surface area (Å²) in [4.78, 5) is 0. The van der Waals surface area contributed by atoms with E-state index in [4.69, 9.17) is 9.47 Å². The molecule has 0 bridgehead atoms. The number of phenolic OH excluding ortho intramolecular Hbond substituents is 2. The molecule has 28 heavy (non-hydrogen) atoms. The molecule has 150 valence electrons. The van der Waals surface area contributed by atoms with E-state index in [9.17, 15) is 30.6 Å². The molecule has 5 atom stereocenters. The molecule has 1 fully saturated rings. The lowest BCUT2D eigenvalue weighted by molar-refractivity contribution is -0.277. The molecular formula is C20H22O8. The average Bonchev–Trinajstić information content (AvgIpc) is 2.67. The van der Waals surface area contributed by atoms with Gasteiger partial charge in [0.05, 0.1) is 6.61 Å². The van der Waals surface area contributed by atoms with Gasteiger partial charge in [-0.3, -0.25) is 0 Å². The quantitative estimate of drug-likeness (QED) is 0.405. The molecule has 2 aromatic rings. The van der Waals surface area contributed by atoms with Crippen LogP contribution in [0, 0.1) is 0 Å². The Morgan fingerprint density at radius 2 is 1.50 bits per heavy atom. The lowest BCUT2D eigenvalue weighted by Crippen LogP contribution is -2.60. The molecule has 0 spiro atoms. The van der Waals surface area contributed by atoms with E-state index in [-0.39, 0.29) is 17.2 Å². The second-order valence-corrected chi connectivity index (χ2v) is 6.50. The summed E-state index contributed by atoms with van der Waals surface area (Å²) in [6, 6.07) is 10.9. The van der Waals surface area contributed by atoms with Crippen molar-refractivity contribution in [2.24, 2.45) is 0 Å². The van der Waals surface area contributed by atoms with Crippen LogP contribution in [0.2, 0.25) is 0 Å². The third kappa shape index (κ3) is 4.61. The summed E-state index contributed by atoms with van der Waals surface area (Å²) in [5.41, 5.74) is 1.42. The van der Waals surface area contributed by atoms with Gasteiger partial charge in [0.25, 0.3) is 0 Å². The van der Waals surface area contributed by atoms with Gasteiger partial charge in [-0.2, -0.15) is 0 Å². The highest BCUT2D eigenvalue weighted by molar-refractivity contribution is 5.71. The lowest BCUT2D eigenvalue weighted by atomic mass is 9.99. The molecule has 8 heteroatoms. The lowest BCUT2D eigenvalue weighted by Gasteiger charge is -2.39. The molecule has 0 aliphatic carbocycles. The standard InChI is InChI=1S/C20H22O8/c21-10-16-17(24)18(25)19(26)20(28-16)27-15-8-12(7-14(23)9-15)2-1-11-3-5-13(22)6-4-11/h1-9,16-26H,10H2/b2-1+/t16?,17-,18?,19?,20-/m1/s1. The second kappa shape index (κ2) is 8.59. The fourth-order valence-corrected chi connectivity index (χ4v) is 2.85. The minimum Gasteiger partial charge on any atom is -0.508 e. The fourth-order valence-electron chi connectivity index (χ4n) is 2.85. The van der Waals surface area contributed by atoms with Crippen molar-refractivity contribution in [1.29, 1.82) is 0 Å². The Balaban J connectivity index is 1.76. The summed E-state index contributed by atoms with van der Waals surface area (Å²) in [7, 11) is 0. The van der Waals surface area contributed by atoms with Crippen LogP contribution in [0.4, 0.5) is 0 Å². The number of hydrogen-bond acceptors (Lipinski definition) is 8. The zero-order valence-electron chi connectivity index (χ0n) is 14.8. The Morgan fingerprint density at radius 3 is 2.18 bits per heavy atom. The predicted octanol–water partition coefficient (Wildman–Crippen LogP) is 0.447. The predicted molar refractivity (Wildman–Crippen MR) is 99.5 cm³/mol. The molecule has 1 aliphatic heterocycles. The molecule has 3 unspecified atom stereocenters. The maximum absolute atomic E-state index is 10.1. The number of phenols is 2. The van der Waals surface area contributed by atoms with Crippen molar-refractivity contribution in [1.82, 2.24) is 0 Å². The summed E-state index contributed by atoms with van der Waals surface area (Å²) >= 11 is 0. The zero-order chi connectivity index (χ0) is 20.3. The maximum atomic E-state index is 10.1. The summed E-state index contributed by atoms with van der Waals surface area (Å²) in [5, 5.41) is 58.2. The van der Waals surface area contributed by atoms with Crippen LogP contribution in [0.3, 0.4) is 0 Å². The molecule has 0 radical (unpaired) electrons. The van der Waals surface area contributed by atoms with Gasteiger partial charge in [-0.25, -0.2) is 0 Å². The van der Waals surface area contributed by atoms with Crippen LogP contribution in [0.5, 0.6) is 17.2 Å². The number of benzene rings is 2. The second-order valence-electron chi connectivity index (χ2n) is 6.50. The van der Waals surface area contributed by atoms with Crippen LogP contribution in [-0.2, 0) is 4.74 Å². The van der Waals surface area contributed by atoms with Gasteiger partial charge >= 0.3 is 0 Å². The Morgan fingerprint density at radius 1 is 0.821 bits per heavy atom. The first-order valence-electron chi connectivity index (χ1n) is 8.65. The Labute approximate surface area is 161 Å². The maximum Gasteiger partial charge on any atom is 0.229 e. The van der Waals surface area contributed by atoms with E-state index in [1.165, 1.54) is 12.1 Å². The highest BCUT2D eigenvalue weighted by Gasteiger charge is 2.44. The number of aliphatic hydroxyl groups is 4. The molecule has 0 saturated carbocycles. The normalized spacial score (nSPS) is 27.8. The number of ether oxygens (including phenoxy) is 2. The monoisotopic (exact) mass is 390 g/mol. The minimum absolute atomic E-state index is 0.0903. The highest BCUT2D eigenvalue weighted by Crippen LogP contribution is 2.28. The Kier molecular flexibility index (Phi) is 6.18. The van der Waals surface area contributed by atoms with Crippen LogP contribution in [0.15, 0.2) is 42.5 Å². The van der Waals surface area contributed by atoms with Gasteiger partial charge in [-0.1, -0.05) is 24.3 Å². The van der Waals surface area contributed by atoms with E-state index in [0.717, 1.165) is 5.56 Å². The molecule has 0 amide bonds. The number of hydrogen-bond donors (Lipinski definition) is 6. The first-order chi connectivity index (χ1) is 13.4. The summed E-state index contributed by atoms with van der Waals surface area (Å²) < 4.78 is 10.8. The molecule has 8 nitrogen and oxygen atoms in total. The highest BCUT2D eigenvalue weighted by atomic mass is 16.7.